The van der Waals surface area contributed by atoms with E-state index in [2.05, 4.69) is 295 Å². The minimum absolute atomic E-state index is 0.548. The van der Waals surface area contributed by atoms with Gasteiger partial charge >= 0.3 is 0 Å². The summed E-state index contributed by atoms with van der Waals surface area (Å²) in [7, 11) is 0. The van der Waals surface area contributed by atoms with Crippen LogP contribution in [0.15, 0.2) is 285 Å². The molecule has 0 amide bonds. The molecule has 0 saturated carbocycles. The van der Waals surface area contributed by atoms with E-state index in [0.717, 1.165) is 50.5 Å². The summed E-state index contributed by atoms with van der Waals surface area (Å²) < 4.78 is 5.00. The molecule has 1 aliphatic carbocycles. The fourth-order valence-electron chi connectivity index (χ4n) is 13.0. The lowest BCUT2D eigenvalue weighted by Gasteiger charge is -2.35. The smallest absolute Gasteiger partial charge is 0.0788 e. The average Bonchev–Trinajstić information content (AvgIpc) is 4.36. The molecular formula is C74H47N3S. The zero-order chi connectivity index (χ0) is 51.3. The van der Waals surface area contributed by atoms with E-state index in [-0.39, 0.29) is 0 Å². The van der Waals surface area contributed by atoms with E-state index in [1.54, 1.807) is 0 Å². The van der Waals surface area contributed by atoms with E-state index in [4.69, 9.17) is 4.98 Å². The first kappa shape index (κ1) is 44.4. The highest BCUT2D eigenvalue weighted by atomic mass is 32.1. The molecule has 4 heteroatoms. The molecule has 3 heterocycles. The minimum atomic E-state index is -0.548. The van der Waals surface area contributed by atoms with Gasteiger partial charge in [0.2, 0.25) is 0 Å². The number of nitrogens with zero attached hydrogens (tertiary/aromatic N) is 3. The Morgan fingerprint density at radius 2 is 0.910 bits per heavy atom. The van der Waals surface area contributed by atoms with Crippen LogP contribution < -0.4 is 4.90 Å². The van der Waals surface area contributed by atoms with Crippen molar-refractivity contribution in [1.82, 2.24) is 9.55 Å². The molecule has 0 unspecified atom stereocenters. The first-order valence-electron chi connectivity index (χ1n) is 26.8. The van der Waals surface area contributed by atoms with Crippen molar-refractivity contribution in [1.29, 1.82) is 0 Å². The fraction of sp³-hybridized carbons (Fsp3) is 0.0135. The molecule has 0 N–H and O–H groups in total. The Morgan fingerprint density at radius 1 is 0.359 bits per heavy atom. The number of aromatic nitrogens is 2. The van der Waals surface area contributed by atoms with Gasteiger partial charge in [-0.05, 0) is 117 Å². The second-order valence-corrected chi connectivity index (χ2v) is 21.6. The summed E-state index contributed by atoms with van der Waals surface area (Å²) in [6.45, 7) is 0. The average molecular weight is 1010 g/mol. The molecule has 0 radical (unpaired) electrons. The van der Waals surface area contributed by atoms with Gasteiger partial charge in [-0.25, -0.2) is 4.98 Å². The molecule has 0 fully saturated rings. The van der Waals surface area contributed by atoms with Gasteiger partial charge < -0.3 is 9.47 Å². The lowest BCUT2D eigenvalue weighted by atomic mass is 9.67. The molecule has 0 bridgehead atoms. The molecule has 0 spiro atoms. The SMILES string of the molecule is c1ccc(-n2c3ccccc3c3ccc(-c4ccc(N(c5ccc(-c6nc7ccccc7c7c6ccc6c8ccccc8sc67)cc5)c5ccc6c(c5)C(c5ccccc5)(c5ccccc5)c5ccccc5-6)cc4)cc32)cc1. The van der Waals surface area contributed by atoms with Gasteiger partial charge in [0.1, 0.15) is 0 Å². The van der Waals surface area contributed by atoms with Gasteiger partial charge in [-0.15, -0.1) is 11.3 Å². The van der Waals surface area contributed by atoms with Crippen LogP contribution in [0.5, 0.6) is 0 Å². The summed E-state index contributed by atoms with van der Waals surface area (Å²) in [4.78, 5) is 7.87. The quantitative estimate of drug-likeness (QED) is 0.141. The fourth-order valence-corrected chi connectivity index (χ4v) is 14.3. The molecule has 0 saturated heterocycles. The number of fused-ring (bicyclic) bond motifs is 13. The van der Waals surface area contributed by atoms with Gasteiger partial charge in [0.05, 0.1) is 27.7 Å². The Morgan fingerprint density at radius 3 is 1.67 bits per heavy atom. The van der Waals surface area contributed by atoms with Crippen molar-refractivity contribution >= 4 is 92.1 Å². The maximum Gasteiger partial charge on any atom is 0.0788 e. The standard InChI is InChI=1S/C74H47N3S/c1-4-18-51(19-5-1)74(52-20-6-2-7-21-52)65-28-14-10-24-57(65)58-43-41-56(47-66(58)74)76(54-37-32-48(33-38-54)50-36-42-60-59-25-12-16-30-68(59)77(69(60)46-50)53-22-8-3-9-23-53)55-39-34-49(35-40-55)72-64-45-44-62-61-26-13-17-31-70(61)78-73(62)71(64)63-27-11-15-29-67(63)75-72/h1-47H. The van der Waals surface area contributed by atoms with Crippen LogP contribution in [-0.4, -0.2) is 9.55 Å². The first-order valence-corrected chi connectivity index (χ1v) is 27.6. The van der Waals surface area contributed by atoms with Gasteiger partial charge in [0, 0.05) is 75.4 Å². The third-order valence-electron chi connectivity index (χ3n) is 16.5. The highest BCUT2D eigenvalue weighted by molar-refractivity contribution is 7.26. The van der Waals surface area contributed by atoms with Crippen LogP contribution >= 0.6 is 11.3 Å². The lowest BCUT2D eigenvalue weighted by Crippen LogP contribution is -2.28. The number of rotatable bonds is 8. The van der Waals surface area contributed by atoms with E-state index >= 15 is 0 Å². The normalized spacial score (nSPS) is 12.7. The molecule has 1 aliphatic rings. The molecule has 0 atom stereocenters. The zero-order valence-electron chi connectivity index (χ0n) is 42.4. The summed E-state index contributed by atoms with van der Waals surface area (Å²) in [6.07, 6.45) is 0. The number of anilines is 3. The van der Waals surface area contributed by atoms with Crippen molar-refractivity contribution < 1.29 is 0 Å². The maximum absolute atomic E-state index is 5.44. The van der Waals surface area contributed by atoms with Crippen molar-refractivity contribution in [3.8, 4) is 39.2 Å². The molecule has 3 aromatic heterocycles. The van der Waals surface area contributed by atoms with Crippen LogP contribution in [0.4, 0.5) is 17.1 Å². The summed E-state index contributed by atoms with van der Waals surface area (Å²) in [5.41, 5.74) is 19.1. The van der Waals surface area contributed by atoms with Crippen molar-refractivity contribution in [3.05, 3.63) is 307 Å². The van der Waals surface area contributed by atoms with E-state index in [1.165, 1.54) is 91.7 Å². The maximum atomic E-state index is 5.44. The third kappa shape index (κ3) is 6.67. The summed E-state index contributed by atoms with van der Waals surface area (Å²) >= 11 is 1.88. The lowest BCUT2D eigenvalue weighted by molar-refractivity contribution is 0.768. The number of benzene rings is 12. The molecule has 3 nitrogen and oxygen atoms in total. The topological polar surface area (TPSA) is 21.1 Å². The summed E-state index contributed by atoms with van der Waals surface area (Å²) in [5.74, 6) is 0. The van der Waals surface area contributed by atoms with Crippen LogP contribution in [0.1, 0.15) is 22.3 Å². The Kier molecular flexibility index (Phi) is 10.0. The molecule has 15 aromatic rings. The Hall–Kier alpha value is -9.87. The number of pyridine rings is 1. The summed E-state index contributed by atoms with van der Waals surface area (Å²) in [6, 6.07) is 105. The monoisotopic (exact) mass is 1010 g/mol. The van der Waals surface area contributed by atoms with Gasteiger partial charge in [-0.2, -0.15) is 0 Å². The minimum Gasteiger partial charge on any atom is -0.310 e. The van der Waals surface area contributed by atoms with Crippen molar-refractivity contribution in [3.63, 3.8) is 0 Å². The van der Waals surface area contributed by atoms with Crippen LogP contribution in [-0.2, 0) is 5.41 Å². The van der Waals surface area contributed by atoms with E-state index < -0.39 is 5.41 Å². The van der Waals surface area contributed by atoms with Crippen molar-refractivity contribution in [2.24, 2.45) is 0 Å². The predicted octanol–water partition coefficient (Wildman–Crippen LogP) is 20.0. The number of para-hydroxylation sites is 3. The molecule has 12 aromatic carbocycles. The van der Waals surface area contributed by atoms with E-state index in [0.29, 0.717) is 0 Å². The summed E-state index contributed by atoms with van der Waals surface area (Å²) in [5, 5.41) is 8.68. The third-order valence-corrected chi connectivity index (χ3v) is 17.7. The van der Waals surface area contributed by atoms with E-state index in [9.17, 15) is 0 Å². The number of hydrogen-bond acceptors (Lipinski definition) is 3. The van der Waals surface area contributed by atoms with Gasteiger partial charge in [0.15, 0.2) is 0 Å². The molecule has 16 rings (SSSR count). The predicted molar refractivity (Wildman–Crippen MR) is 329 cm³/mol. The van der Waals surface area contributed by atoms with Crippen molar-refractivity contribution in [2.75, 3.05) is 4.90 Å². The highest BCUT2D eigenvalue weighted by Gasteiger charge is 2.46. The Balaban J connectivity index is 0.876. The van der Waals surface area contributed by atoms with Gasteiger partial charge in [-0.3, -0.25) is 0 Å². The van der Waals surface area contributed by atoms with Gasteiger partial charge in [0.25, 0.3) is 0 Å². The Bertz CT molecular complexity index is 4790. The van der Waals surface area contributed by atoms with E-state index in [1.807, 2.05) is 11.3 Å². The molecule has 78 heavy (non-hydrogen) atoms. The molecule has 0 aliphatic heterocycles. The second kappa shape index (κ2) is 17.6. The van der Waals surface area contributed by atoms with Crippen LogP contribution in [0.3, 0.4) is 0 Å². The van der Waals surface area contributed by atoms with Gasteiger partial charge in [-0.1, -0.05) is 212 Å². The second-order valence-electron chi connectivity index (χ2n) is 20.5. The highest BCUT2D eigenvalue weighted by Crippen LogP contribution is 2.57. The van der Waals surface area contributed by atoms with Crippen LogP contribution in [0, 0.1) is 0 Å². The molecule has 364 valence electrons. The van der Waals surface area contributed by atoms with Crippen LogP contribution in [0.25, 0.3) is 103 Å². The molecular weight excluding hydrogens is 963 g/mol. The number of thiophene rings is 1. The van der Waals surface area contributed by atoms with Crippen LogP contribution in [0.2, 0.25) is 0 Å². The zero-order valence-corrected chi connectivity index (χ0v) is 43.2. The largest absolute Gasteiger partial charge is 0.310 e. The number of hydrogen-bond donors (Lipinski definition) is 0. The Labute approximate surface area is 455 Å². The van der Waals surface area contributed by atoms with Crippen molar-refractivity contribution in [2.45, 2.75) is 5.41 Å². The first-order chi connectivity index (χ1) is 38.7.